The molecule has 0 radical (unpaired) electrons. The first-order valence-electron chi connectivity index (χ1n) is 9.19. The van der Waals surface area contributed by atoms with Crippen molar-refractivity contribution >= 4 is 40.7 Å². The highest BCUT2D eigenvalue weighted by atomic mass is 35.5. The third kappa shape index (κ3) is 5.40. The van der Waals surface area contributed by atoms with Crippen LogP contribution in [0.3, 0.4) is 0 Å². The van der Waals surface area contributed by atoms with E-state index in [-0.39, 0.29) is 23.5 Å². The Kier molecular flexibility index (Phi) is 7.12. The average molecular weight is 445 g/mol. The number of carbonyl (C=O) groups is 2. The second-order valence-corrected chi connectivity index (χ2v) is 7.91. The van der Waals surface area contributed by atoms with Gasteiger partial charge in [0.05, 0.1) is 10.8 Å². The number of thioether (sulfide) groups is 1. The molecule has 0 aliphatic rings. The molecule has 7 nitrogen and oxygen atoms in total. The summed E-state index contributed by atoms with van der Waals surface area (Å²) in [5.41, 5.74) is 1.12. The van der Waals surface area contributed by atoms with Crippen molar-refractivity contribution in [2.24, 2.45) is 7.05 Å². The Balaban J connectivity index is 1.59. The number of amides is 1. The van der Waals surface area contributed by atoms with E-state index in [2.05, 4.69) is 15.5 Å². The first-order chi connectivity index (χ1) is 14.3. The van der Waals surface area contributed by atoms with Crippen LogP contribution in [0.4, 0.5) is 5.69 Å². The highest BCUT2D eigenvalue weighted by Gasteiger charge is 2.19. The molecule has 0 saturated carbocycles. The number of nitrogens with one attached hydrogen (secondary N) is 1. The average Bonchev–Trinajstić information content (AvgIpc) is 3.09. The van der Waals surface area contributed by atoms with Crippen molar-refractivity contribution in [1.29, 1.82) is 0 Å². The normalized spacial score (nSPS) is 11.7. The van der Waals surface area contributed by atoms with E-state index < -0.39 is 0 Å². The summed E-state index contributed by atoms with van der Waals surface area (Å²) in [6.45, 7) is 3.34. The number of rotatable bonds is 8. The molecule has 156 valence electrons. The van der Waals surface area contributed by atoms with E-state index in [0.29, 0.717) is 33.0 Å². The van der Waals surface area contributed by atoms with E-state index in [0.717, 1.165) is 0 Å². The zero-order valence-electron chi connectivity index (χ0n) is 16.8. The van der Waals surface area contributed by atoms with Crippen molar-refractivity contribution in [3.63, 3.8) is 0 Å². The quantitative estimate of drug-likeness (QED) is 0.405. The Labute approximate surface area is 183 Å². The molecule has 1 atom stereocenters. The van der Waals surface area contributed by atoms with Gasteiger partial charge in [0.15, 0.2) is 22.9 Å². The Morgan fingerprint density at radius 3 is 2.70 bits per heavy atom. The SMILES string of the molecule is CC(=O)c1cccc(NC(=O)CSc2nnc(C(C)Oc3ccccc3Cl)n2C)c1. The summed E-state index contributed by atoms with van der Waals surface area (Å²) < 4.78 is 7.68. The molecule has 1 unspecified atom stereocenters. The molecule has 3 aromatic rings. The van der Waals surface area contributed by atoms with Crippen LogP contribution in [-0.2, 0) is 11.8 Å². The van der Waals surface area contributed by atoms with Gasteiger partial charge in [-0.25, -0.2) is 0 Å². The lowest BCUT2D eigenvalue weighted by atomic mass is 10.1. The van der Waals surface area contributed by atoms with Crippen LogP contribution >= 0.6 is 23.4 Å². The van der Waals surface area contributed by atoms with Crippen molar-refractivity contribution < 1.29 is 14.3 Å². The first-order valence-corrected chi connectivity index (χ1v) is 10.6. The van der Waals surface area contributed by atoms with Crippen LogP contribution in [0.1, 0.15) is 36.1 Å². The second kappa shape index (κ2) is 9.77. The number of para-hydroxylation sites is 1. The third-order valence-corrected chi connectivity index (χ3v) is 5.59. The largest absolute Gasteiger partial charge is 0.481 e. The summed E-state index contributed by atoms with van der Waals surface area (Å²) in [5, 5.41) is 12.2. The van der Waals surface area contributed by atoms with Gasteiger partial charge in [-0.05, 0) is 38.1 Å². The number of ether oxygens (including phenoxy) is 1. The van der Waals surface area contributed by atoms with Crippen LogP contribution in [0, 0.1) is 0 Å². The van der Waals surface area contributed by atoms with Crippen LogP contribution in [-0.4, -0.2) is 32.2 Å². The topological polar surface area (TPSA) is 86.1 Å². The predicted molar refractivity (Wildman–Crippen MR) is 117 cm³/mol. The lowest BCUT2D eigenvalue weighted by Gasteiger charge is -2.15. The zero-order chi connectivity index (χ0) is 21.7. The Hall–Kier alpha value is -2.84. The van der Waals surface area contributed by atoms with Crippen LogP contribution in [0.2, 0.25) is 5.02 Å². The molecule has 0 bridgehead atoms. The van der Waals surface area contributed by atoms with Crippen LogP contribution in [0.5, 0.6) is 5.75 Å². The summed E-state index contributed by atoms with van der Waals surface area (Å²) in [4.78, 5) is 23.8. The summed E-state index contributed by atoms with van der Waals surface area (Å²) in [7, 11) is 1.82. The number of carbonyl (C=O) groups excluding carboxylic acids is 2. The van der Waals surface area contributed by atoms with Gasteiger partial charge in [-0.3, -0.25) is 9.59 Å². The zero-order valence-corrected chi connectivity index (χ0v) is 18.3. The van der Waals surface area contributed by atoms with E-state index in [1.54, 1.807) is 41.0 Å². The lowest BCUT2D eigenvalue weighted by molar-refractivity contribution is -0.113. The maximum atomic E-state index is 12.3. The maximum absolute atomic E-state index is 12.3. The van der Waals surface area contributed by atoms with Gasteiger partial charge < -0.3 is 14.6 Å². The number of hydrogen-bond acceptors (Lipinski definition) is 6. The minimum absolute atomic E-state index is 0.0554. The summed E-state index contributed by atoms with van der Waals surface area (Å²) in [6, 6.07) is 14.0. The van der Waals surface area contributed by atoms with E-state index in [9.17, 15) is 9.59 Å². The van der Waals surface area contributed by atoms with E-state index in [4.69, 9.17) is 16.3 Å². The van der Waals surface area contributed by atoms with Crippen LogP contribution in [0.15, 0.2) is 53.7 Å². The molecule has 1 aromatic heterocycles. The van der Waals surface area contributed by atoms with E-state index in [1.807, 2.05) is 26.1 Å². The minimum atomic E-state index is -0.375. The van der Waals surface area contributed by atoms with Crippen molar-refractivity contribution in [3.05, 3.63) is 64.9 Å². The number of aromatic nitrogens is 3. The van der Waals surface area contributed by atoms with Gasteiger partial charge >= 0.3 is 0 Å². The van der Waals surface area contributed by atoms with Crippen molar-refractivity contribution in [3.8, 4) is 5.75 Å². The molecule has 3 rings (SSSR count). The van der Waals surface area contributed by atoms with E-state index >= 15 is 0 Å². The molecule has 9 heteroatoms. The highest BCUT2D eigenvalue weighted by molar-refractivity contribution is 7.99. The molecule has 1 heterocycles. The van der Waals surface area contributed by atoms with Gasteiger partial charge in [-0.1, -0.05) is 47.6 Å². The fourth-order valence-electron chi connectivity index (χ4n) is 2.73. The molecular formula is C21H21ClN4O3S. The molecule has 0 fully saturated rings. The molecule has 2 aromatic carbocycles. The lowest BCUT2D eigenvalue weighted by Crippen LogP contribution is -2.15. The monoisotopic (exact) mass is 444 g/mol. The number of benzene rings is 2. The molecule has 30 heavy (non-hydrogen) atoms. The highest BCUT2D eigenvalue weighted by Crippen LogP contribution is 2.29. The number of hydrogen-bond donors (Lipinski definition) is 1. The molecular weight excluding hydrogens is 424 g/mol. The van der Waals surface area contributed by atoms with E-state index in [1.165, 1.54) is 18.7 Å². The number of halogens is 1. The smallest absolute Gasteiger partial charge is 0.234 e. The molecule has 1 N–H and O–H groups in total. The number of ketones is 1. The molecule has 0 aliphatic carbocycles. The minimum Gasteiger partial charge on any atom is -0.481 e. The molecule has 0 spiro atoms. The van der Waals surface area contributed by atoms with Gasteiger partial charge in [-0.15, -0.1) is 10.2 Å². The van der Waals surface area contributed by atoms with Gasteiger partial charge in [-0.2, -0.15) is 0 Å². The number of Topliss-reactive ketones (excluding diaryl/α,β-unsaturated/α-hetero) is 1. The standard InChI is InChI=1S/C21H21ClN4O3S/c1-13(27)15-7-6-8-16(11-15)23-19(28)12-30-21-25-24-20(26(21)3)14(2)29-18-10-5-4-9-17(18)22/h4-11,14H,12H2,1-3H3,(H,23,28). The second-order valence-electron chi connectivity index (χ2n) is 6.56. The fraction of sp³-hybridized carbons (Fsp3) is 0.238. The van der Waals surface area contributed by atoms with Crippen molar-refractivity contribution in [1.82, 2.24) is 14.8 Å². The summed E-state index contributed by atoms with van der Waals surface area (Å²) >= 11 is 7.41. The fourth-order valence-corrected chi connectivity index (χ4v) is 3.63. The number of anilines is 1. The van der Waals surface area contributed by atoms with Gasteiger partial charge in [0.2, 0.25) is 5.91 Å². The van der Waals surface area contributed by atoms with Crippen LogP contribution < -0.4 is 10.1 Å². The van der Waals surface area contributed by atoms with Gasteiger partial charge in [0, 0.05) is 18.3 Å². The first kappa shape index (κ1) is 21.9. The van der Waals surface area contributed by atoms with Crippen molar-refractivity contribution in [2.45, 2.75) is 25.1 Å². The van der Waals surface area contributed by atoms with Gasteiger partial charge in [0.25, 0.3) is 0 Å². The third-order valence-electron chi connectivity index (χ3n) is 4.26. The Bertz CT molecular complexity index is 1070. The summed E-state index contributed by atoms with van der Waals surface area (Å²) in [5.74, 6) is 1.07. The molecule has 1 amide bonds. The summed E-state index contributed by atoms with van der Waals surface area (Å²) in [6.07, 6.45) is -0.375. The van der Waals surface area contributed by atoms with Gasteiger partial charge in [0.1, 0.15) is 5.75 Å². The Morgan fingerprint density at radius 1 is 1.20 bits per heavy atom. The Morgan fingerprint density at radius 2 is 1.97 bits per heavy atom. The number of nitrogens with zero attached hydrogens (tertiary/aromatic N) is 3. The maximum Gasteiger partial charge on any atom is 0.234 e. The predicted octanol–water partition coefficient (Wildman–Crippen LogP) is 4.54. The van der Waals surface area contributed by atoms with Crippen molar-refractivity contribution in [2.75, 3.05) is 11.1 Å². The van der Waals surface area contributed by atoms with Crippen LogP contribution in [0.25, 0.3) is 0 Å². The molecule has 0 saturated heterocycles. The molecule has 0 aliphatic heterocycles.